The maximum absolute atomic E-state index is 6.02. The summed E-state index contributed by atoms with van der Waals surface area (Å²) >= 11 is 0. The number of benzene rings is 2. The van der Waals surface area contributed by atoms with Gasteiger partial charge in [-0.1, -0.05) is 36.8 Å². The highest BCUT2D eigenvalue weighted by atomic mass is 16.5. The van der Waals surface area contributed by atoms with E-state index in [1.54, 1.807) is 7.11 Å². The van der Waals surface area contributed by atoms with Gasteiger partial charge in [-0.05, 0) is 82.1 Å². The van der Waals surface area contributed by atoms with Crippen LogP contribution in [0, 0.1) is 12.8 Å². The Morgan fingerprint density at radius 1 is 1.10 bits per heavy atom. The van der Waals surface area contributed by atoms with Crippen LogP contribution < -0.4 is 9.47 Å². The van der Waals surface area contributed by atoms with Gasteiger partial charge in [0.1, 0.15) is 0 Å². The second-order valence-corrected chi connectivity index (χ2v) is 8.65. The normalized spacial score (nSPS) is 14.7. The van der Waals surface area contributed by atoms with Crippen molar-refractivity contribution in [1.29, 1.82) is 0 Å². The number of aliphatic imine (C=N–C) groups is 1. The van der Waals surface area contributed by atoms with Crippen LogP contribution in [0.25, 0.3) is 5.57 Å². The third-order valence-corrected chi connectivity index (χ3v) is 5.81. The fourth-order valence-corrected chi connectivity index (χ4v) is 3.83. The molecule has 0 spiro atoms. The predicted molar refractivity (Wildman–Crippen MR) is 127 cm³/mol. The summed E-state index contributed by atoms with van der Waals surface area (Å²) in [4.78, 5) is 4.94. The first-order valence-electron chi connectivity index (χ1n) is 11.1. The molecule has 1 aliphatic carbocycles. The second kappa shape index (κ2) is 9.97. The molecule has 3 heteroatoms. The van der Waals surface area contributed by atoms with Crippen LogP contribution in [-0.2, 0) is 6.42 Å². The van der Waals surface area contributed by atoms with Crippen LogP contribution in [0.15, 0.2) is 47.0 Å². The van der Waals surface area contributed by atoms with E-state index in [9.17, 15) is 0 Å². The summed E-state index contributed by atoms with van der Waals surface area (Å²) in [7, 11) is 1.70. The SMILES string of the molecule is COc1cc(C(C)=C2CCC2)c(N=CC(C)Cc2ccccc2C)cc1OC(C)C. The minimum absolute atomic E-state index is 0.0765. The Kier molecular flexibility index (Phi) is 7.36. The summed E-state index contributed by atoms with van der Waals surface area (Å²) in [6, 6.07) is 12.7. The molecular formula is C27H35NO2. The second-order valence-electron chi connectivity index (χ2n) is 8.65. The van der Waals surface area contributed by atoms with Crippen LogP contribution in [0.1, 0.15) is 63.6 Å². The first-order valence-corrected chi connectivity index (χ1v) is 11.1. The van der Waals surface area contributed by atoms with E-state index in [0.29, 0.717) is 5.92 Å². The molecule has 0 amide bonds. The Morgan fingerprint density at radius 2 is 1.83 bits per heavy atom. The highest BCUT2D eigenvalue weighted by Gasteiger charge is 2.18. The summed E-state index contributed by atoms with van der Waals surface area (Å²) in [5.41, 5.74) is 7.68. The monoisotopic (exact) mass is 405 g/mol. The maximum Gasteiger partial charge on any atom is 0.163 e. The van der Waals surface area contributed by atoms with Crippen LogP contribution >= 0.6 is 0 Å². The summed E-state index contributed by atoms with van der Waals surface area (Å²) in [6.07, 6.45) is 6.79. The highest BCUT2D eigenvalue weighted by molar-refractivity contribution is 5.81. The molecule has 1 unspecified atom stereocenters. The summed E-state index contributed by atoms with van der Waals surface area (Å²) in [5, 5.41) is 0. The zero-order valence-electron chi connectivity index (χ0n) is 19.3. The minimum Gasteiger partial charge on any atom is -0.493 e. The van der Waals surface area contributed by atoms with Crippen LogP contribution in [0.3, 0.4) is 0 Å². The van der Waals surface area contributed by atoms with E-state index in [2.05, 4.69) is 57.3 Å². The van der Waals surface area contributed by atoms with E-state index < -0.39 is 0 Å². The fraction of sp³-hybridized carbons (Fsp3) is 0.444. The van der Waals surface area contributed by atoms with Gasteiger partial charge >= 0.3 is 0 Å². The predicted octanol–water partition coefficient (Wildman–Crippen LogP) is 7.33. The third-order valence-electron chi connectivity index (χ3n) is 5.81. The van der Waals surface area contributed by atoms with Gasteiger partial charge in [0.05, 0.1) is 18.9 Å². The van der Waals surface area contributed by atoms with Crippen LogP contribution in [0.4, 0.5) is 5.69 Å². The van der Waals surface area contributed by atoms with Gasteiger partial charge in [0.15, 0.2) is 11.5 Å². The van der Waals surface area contributed by atoms with Crippen molar-refractivity contribution in [2.45, 2.75) is 66.4 Å². The number of nitrogens with zero attached hydrogens (tertiary/aromatic N) is 1. The lowest BCUT2D eigenvalue weighted by molar-refractivity contribution is 0.230. The maximum atomic E-state index is 6.02. The molecular weight excluding hydrogens is 370 g/mol. The van der Waals surface area contributed by atoms with Gasteiger partial charge < -0.3 is 9.47 Å². The lowest BCUT2D eigenvalue weighted by Crippen LogP contribution is -2.07. The number of aryl methyl sites for hydroxylation is 1. The molecule has 0 saturated heterocycles. The van der Waals surface area contributed by atoms with Gasteiger partial charge in [0, 0.05) is 17.8 Å². The first-order chi connectivity index (χ1) is 14.4. The van der Waals surface area contributed by atoms with Gasteiger partial charge in [-0.3, -0.25) is 4.99 Å². The fourth-order valence-electron chi connectivity index (χ4n) is 3.83. The summed E-state index contributed by atoms with van der Waals surface area (Å²) in [5.74, 6) is 1.86. The molecule has 3 nitrogen and oxygen atoms in total. The largest absolute Gasteiger partial charge is 0.493 e. The van der Waals surface area contributed by atoms with Gasteiger partial charge in [0.2, 0.25) is 0 Å². The molecule has 0 aromatic heterocycles. The quantitative estimate of drug-likeness (QED) is 0.430. The minimum atomic E-state index is 0.0765. The molecule has 1 fully saturated rings. The Labute approximate surface area is 181 Å². The lowest BCUT2D eigenvalue weighted by atomic mass is 9.85. The molecule has 1 aliphatic rings. The van der Waals surface area contributed by atoms with Crippen molar-refractivity contribution in [2.24, 2.45) is 10.9 Å². The lowest BCUT2D eigenvalue weighted by Gasteiger charge is -2.22. The summed E-state index contributed by atoms with van der Waals surface area (Å²) in [6.45, 7) is 10.7. The average Bonchev–Trinajstić information content (AvgIpc) is 2.66. The van der Waals surface area contributed by atoms with E-state index in [0.717, 1.165) is 29.2 Å². The van der Waals surface area contributed by atoms with Crippen molar-refractivity contribution in [1.82, 2.24) is 0 Å². The van der Waals surface area contributed by atoms with E-state index in [-0.39, 0.29) is 6.10 Å². The van der Waals surface area contributed by atoms with Crippen molar-refractivity contribution in [2.75, 3.05) is 7.11 Å². The molecule has 1 atom stereocenters. The molecule has 2 aromatic rings. The van der Waals surface area contributed by atoms with E-state index >= 15 is 0 Å². The van der Waals surface area contributed by atoms with E-state index in [4.69, 9.17) is 14.5 Å². The molecule has 0 radical (unpaired) electrons. The first kappa shape index (κ1) is 22.1. The molecule has 0 N–H and O–H groups in total. The molecule has 0 bridgehead atoms. The molecule has 160 valence electrons. The van der Waals surface area contributed by atoms with Crippen molar-refractivity contribution < 1.29 is 9.47 Å². The number of hydrogen-bond donors (Lipinski definition) is 0. The van der Waals surface area contributed by atoms with Gasteiger partial charge in [0.25, 0.3) is 0 Å². The zero-order chi connectivity index (χ0) is 21.7. The van der Waals surface area contributed by atoms with Gasteiger partial charge in [-0.15, -0.1) is 0 Å². The van der Waals surface area contributed by atoms with Crippen molar-refractivity contribution >= 4 is 17.5 Å². The van der Waals surface area contributed by atoms with Gasteiger partial charge in [-0.25, -0.2) is 0 Å². The molecule has 30 heavy (non-hydrogen) atoms. The van der Waals surface area contributed by atoms with Crippen LogP contribution in [0.5, 0.6) is 11.5 Å². The number of rotatable bonds is 8. The average molecular weight is 406 g/mol. The van der Waals surface area contributed by atoms with Gasteiger partial charge in [-0.2, -0.15) is 0 Å². The van der Waals surface area contributed by atoms with Crippen LogP contribution in [-0.4, -0.2) is 19.4 Å². The Bertz CT molecular complexity index is 934. The number of methoxy groups -OCH3 is 1. The van der Waals surface area contributed by atoms with Crippen molar-refractivity contribution in [3.05, 3.63) is 58.7 Å². The van der Waals surface area contributed by atoms with E-state index in [1.165, 1.54) is 41.5 Å². The van der Waals surface area contributed by atoms with E-state index in [1.807, 2.05) is 19.9 Å². The zero-order valence-corrected chi connectivity index (χ0v) is 19.3. The summed E-state index contributed by atoms with van der Waals surface area (Å²) < 4.78 is 11.7. The smallest absolute Gasteiger partial charge is 0.163 e. The Hall–Kier alpha value is -2.55. The van der Waals surface area contributed by atoms with Crippen molar-refractivity contribution in [3.63, 3.8) is 0 Å². The molecule has 0 aliphatic heterocycles. The number of ether oxygens (including phenoxy) is 2. The highest BCUT2D eigenvalue weighted by Crippen LogP contribution is 2.42. The number of hydrogen-bond acceptors (Lipinski definition) is 3. The Morgan fingerprint density at radius 3 is 2.43 bits per heavy atom. The molecule has 3 rings (SSSR count). The third kappa shape index (κ3) is 5.33. The molecule has 2 aromatic carbocycles. The van der Waals surface area contributed by atoms with Crippen molar-refractivity contribution in [3.8, 4) is 11.5 Å². The Balaban J connectivity index is 1.94. The number of allylic oxidation sites excluding steroid dienone is 2. The van der Waals surface area contributed by atoms with Crippen LogP contribution in [0.2, 0.25) is 0 Å². The molecule has 1 saturated carbocycles. The standard InChI is InChI=1S/C27H35NO2/c1-18(2)30-27-16-25(24(15-26(27)29-6)21(5)22-12-9-13-22)28-17-19(3)14-23-11-8-7-10-20(23)4/h7-8,10-11,15-19H,9,12-14H2,1-6H3. The molecule has 0 heterocycles. The topological polar surface area (TPSA) is 30.8 Å².